The summed E-state index contributed by atoms with van der Waals surface area (Å²) in [6.45, 7) is 1.20. The first kappa shape index (κ1) is 12.4. The number of carbonyl (C=O) groups is 1. The van der Waals surface area contributed by atoms with Crippen molar-refractivity contribution in [3.8, 4) is 11.8 Å². The lowest BCUT2D eigenvalue weighted by atomic mass is 9.93. The van der Waals surface area contributed by atoms with E-state index in [2.05, 4.69) is 16.7 Å². The van der Waals surface area contributed by atoms with Crippen molar-refractivity contribution < 1.29 is 9.53 Å². The lowest BCUT2D eigenvalue weighted by Gasteiger charge is -2.19. The van der Waals surface area contributed by atoms with Crippen molar-refractivity contribution in [2.75, 3.05) is 20.2 Å². The quantitative estimate of drug-likeness (QED) is 0.800. The smallest absolute Gasteiger partial charge is 0.239 e. The third kappa shape index (κ3) is 2.44. The molecule has 94 valence electrons. The Kier molecular flexibility index (Phi) is 3.80. The van der Waals surface area contributed by atoms with Gasteiger partial charge in [0.2, 0.25) is 5.91 Å². The zero-order chi connectivity index (χ0) is 13.0. The Bertz CT molecular complexity index is 464. The van der Waals surface area contributed by atoms with Crippen molar-refractivity contribution in [1.29, 1.82) is 5.26 Å². The van der Waals surface area contributed by atoms with Crippen LogP contribution in [0.5, 0.6) is 5.75 Å². The molecule has 5 heteroatoms. The molecule has 1 amide bonds. The third-order valence-corrected chi connectivity index (χ3v) is 3.02. The van der Waals surface area contributed by atoms with Crippen LogP contribution in [0.3, 0.4) is 0 Å². The molecule has 1 aromatic carbocycles. The molecular formula is C13H15N3O2. The third-order valence-electron chi connectivity index (χ3n) is 3.02. The minimum atomic E-state index is -0.708. The fourth-order valence-electron chi connectivity index (χ4n) is 2.05. The molecule has 1 saturated heterocycles. The predicted molar refractivity (Wildman–Crippen MR) is 65.9 cm³/mol. The topological polar surface area (TPSA) is 74.2 Å². The second-order valence-electron chi connectivity index (χ2n) is 4.10. The normalized spacial score (nSPS) is 23.7. The molecule has 1 heterocycles. The monoisotopic (exact) mass is 245 g/mol. The van der Waals surface area contributed by atoms with Crippen LogP contribution in [0, 0.1) is 17.2 Å². The van der Waals surface area contributed by atoms with Crippen LogP contribution in [0.15, 0.2) is 24.3 Å². The van der Waals surface area contributed by atoms with Gasteiger partial charge in [0.1, 0.15) is 11.7 Å². The number of amides is 1. The zero-order valence-corrected chi connectivity index (χ0v) is 10.1. The number of hydrogen-bond donors (Lipinski definition) is 2. The number of benzene rings is 1. The number of nitrogens with zero attached hydrogens (tertiary/aromatic N) is 1. The summed E-state index contributed by atoms with van der Waals surface area (Å²) in [7, 11) is 1.60. The van der Waals surface area contributed by atoms with Crippen molar-refractivity contribution in [2.45, 2.75) is 6.04 Å². The van der Waals surface area contributed by atoms with Gasteiger partial charge < -0.3 is 15.4 Å². The Balaban J connectivity index is 2.27. The summed E-state index contributed by atoms with van der Waals surface area (Å²) in [5.41, 5.74) is 0.916. The Morgan fingerprint density at radius 1 is 1.33 bits per heavy atom. The average Bonchev–Trinajstić information content (AvgIpc) is 2.60. The molecule has 0 bridgehead atoms. The molecule has 0 radical (unpaired) electrons. The Morgan fingerprint density at radius 2 is 2.06 bits per heavy atom. The number of carbonyl (C=O) groups excluding carboxylic acids is 1. The van der Waals surface area contributed by atoms with Crippen molar-refractivity contribution in [1.82, 2.24) is 10.6 Å². The minimum absolute atomic E-state index is 0.219. The Morgan fingerprint density at radius 3 is 2.67 bits per heavy atom. The van der Waals surface area contributed by atoms with Crippen molar-refractivity contribution in [3.05, 3.63) is 29.8 Å². The molecule has 0 saturated carbocycles. The van der Waals surface area contributed by atoms with E-state index >= 15 is 0 Å². The lowest BCUT2D eigenvalue weighted by Crippen LogP contribution is -2.32. The number of ether oxygens (including phenoxy) is 1. The number of rotatable bonds is 2. The van der Waals surface area contributed by atoms with Gasteiger partial charge in [-0.2, -0.15) is 5.26 Å². The second-order valence-corrected chi connectivity index (χ2v) is 4.10. The van der Waals surface area contributed by atoms with E-state index < -0.39 is 5.92 Å². The van der Waals surface area contributed by atoms with Crippen LogP contribution < -0.4 is 15.4 Å². The van der Waals surface area contributed by atoms with Gasteiger partial charge in [-0.05, 0) is 17.7 Å². The molecule has 1 aromatic rings. The van der Waals surface area contributed by atoms with Crippen LogP contribution in [-0.4, -0.2) is 26.1 Å². The van der Waals surface area contributed by atoms with Gasteiger partial charge in [0, 0.05) is 13.1 Å². The molecular weight excluding hydrogens is 230 g/mol. The fourth-order valence-corrected chi connectivity index (χ4v) is 2.05. The molecule has 2 rings (SSSR count). The van der Waals surface area contributed by atoms with E-state index in [4.69, 9.17) is 10.00 Å². The molecule has 5 nitrogen and oxygen atoms in total. The molecule has 1 aliphatic heterocycles. The first-order valence-corrected chi connectivity index (χ1v) is 5.81. The number of hydrogen-bond acceptors (Lipinski definition) is 4. The molecule has 0 aromatic heterocycles. The summed E-state index contributed by atoms with van der Waals surface area (Å²) < 4.78 is 5.09. The summed E-state index contributed by atoms with van der Waals surface area (Å²) >= 11 is 0. The highest BCUT2D eigenvalue weighted by Gasteiger charge is 2.31. The first-order chi connectivity index (χ1) is 8.76. The van der Waals surface area contributed by atoms with Gasteiger partial charge in [-0.15, -0.1) is 0 Å². The van der Waals surface area contributed by atoms with Gasteiger partial charge >= 0.3 is 0 Å². The summed E-state index contributed by atoms with van der Waals surface area (Å²) in [6.07, 6.45) is 0. The predicted octanol–water partition coefficient (Wildman–Crippen LogP) is 0.595. The number of methoxy groups -OCH3 is 1. The average molecular weight is 245 g/mol. The van der Waals surface area contributed by atoms with E-state index in [9.17, 15) is 4.79 Å². The van der Waals surface area contributed by atoms with Crippen LogP contribution in [0.25, 0.3) is 0 Å². The molecule has 0 aliphatic carbocycles. The summed E-state index contributed by atoms with van der Waals surface area (Å²) in [5, 5.41) is 15.1. The first-order valence-electron chi connectivity index (χ1n) is 5.81. The van der Waals surface area contributed by atoms with Crippen LogP contribution in [-0.2, 0) is 4.79 Å². The van der Waals surface area contributed by atoms with Crippen molar-refractivity contribution >= 4 is 5.91 Å². The minimum Gasteiger partial charge on any atom is -0.497 e. The molecule has 1 aliphatic rings. The SMILES string of the molecule is COc1ccc(C2NCCNC(=O)C2C#N)cc1. The number of nitriles is 1. The van der Waals surface area contributed by atoms with Crippen molar-refractivity contribution in [2.24, 2.45) is 5.92 Å². The van der Waals surface area contributed by atoms with E-state index in [0.717, 1.165) is 11.3 Å². The largest absolute Gasteiger partial charge is 0.497 e. The van der Waals surface area contributed by atoms with E-state index in [1.807, 2.05) is 24.3 Å². The molecule has 2 N–H and O–H groups in total. The summed E-state index contributed by atoms with van der Waals surface area (Å²) in [4.78, 5) is 11.8. The molecule has 0 spiro atoms. The lowest BCUT2D eigenvalue weighted by molar-refractivity contribution is -0.123. The highest BCUT2D eigenvalue weighted by Crippen LogP contribution is 2.25. The van der Waals surface area contributed by atoms with Gasteiger partial charge in [0.15, 0.2) is 0 Å². The van der Waals surface area contributed by atoms with Crippen LogP contribution >= 0.6 is 0 Å². The molecule has 1 fully saturated rings. The zero-order valence-electron chi connectivity index (χ0n) is 10.1. The van der Waals surface area contributed by atoms with E-state index in [1.165, 1.54) is 0 Å². The van der Waals surface area contributed by atoms with Gasteiger partial charge in [0.05, 0.1) is 19.2 Å². The molecule has 2 unspecified atom stereocenters. The Labute approximate surface area is 106 Å². The highest BCUT2D eigenvalue weighted by molar-refractivity contribution is 5.82. The van der Waals surface area contributed by atoms with Gasteiger partial charge in [-0.1, -0.05) is 12.1 Å². The van der Waals surface area contributed by atoms with Gasteiger partial charge in [-0.3, -0.25) is 4.79 Å². The fraction of sp³-hybridized carbons (Fsp3) is 0.385. The van der Waals surface area contributed by atoms with Crippen LogP contribution in [0.4, 0.5) is 0 Å². The van der Waals surface area contributed by atoms with Gasteiger partial charge in [0.25, 0.3) is 0 Å². The summed E-state index contributed by atoms with van der Waals surface area (Å²) in [5.74, 6) is -0.172. The number of nitrogens with one attached hydrogen (secondary N) is 2. The summed E-state index contributed by atoms with van der Waals surface area (Å²) in [6, 6.07) is 9.19. The maximum absolute atomic E-state index is 11.8. The molecule has 18 heavy (non-hydrogen) atoms. The van der Waals surface area contributed by atoms with Crippen molar-refractivity contribution in [3.63, 3.8) is 0 Å². The van der Waals surface area contributed by atoms with E-state index in [1.54, 1.807) is 7.11 Å². The van der Waals surface area contributed by atoms with Crippen LogP contribution in [0.1, 0.15) is 11.6 Å². The van der Waals surface area contributed by atoms with E-state index in [0.29, 0.717) is 13.1 Å². The maximum atomic E-state index is 11.8. The maximum Gasteiger partial charge on any atom is 0.239 e. The second kappa shape index (κ2) is 5.52. The highest BCUT2D eigenvalue weighted by atomic mass is 16.5. The van der Waals surface area contributed by atoms with E-state index in [-0.39, 0.29) is 11.9 Å². The van der Waals surface area contributed by atoms with Crippen LogP contribution in [0.2, 0.25) is 0 Å². The Hall–Kier alpha value is -2.06. The van der Waals surface area contributed by atoms with Gasteiger partial charge in [-0.25, -0.2) is 0 Å². The standard InChI is InChI=1S/C13H15N3O2/c1-18-10-4-2-9(3-5-10)12-11(8-14)13(17)16-7-6-15-12/h2-5,11-12,15H,6-7H2,1H3,(H,16,17). The molecule has 2 atom stereocenters.